The Morgan fingerprint density at radius 1 is 1.50 bits per heavy atom. The Morgan fingerprint density at radius 2 is 2.15 bits per heavy atom. The smallest absolute Gasteiger partial charge is 0.235 e. The van der Waals surface area contributed by atoms with E-state index < -0.39 is 5.92 Å². The van der Waals surface area contributed by atoms with Gasteiger partial charge in [-0.1, -0.05) is 19.0 Å². The number of nitrogens with one attached hydrogen (secondary N) is 1. The maximum absolute atomic E-state index is 12.2. The third-order valence-electron chi connectivity index (χ3n) is 2.80. The molecule has 0 saturated carbocycles. The molecule has 0 spiro atoms. The fraction of sp³-hybridized carbons (Fsp3) is 0.385. The topological polar surface area (TPSA) is 96.9 Å². The van der Waals surface area contributed by atoms with Gasteiger partial charge in [-0.3, -0.25) is 4.79 Å². The summed E-state index contributed by atoms with van der Waals surface area (Å²) < 4.78 is 5.84. The molecule has 1 aromatic carbocycles. The van der Waals surface area contributed by atoms with Crippen molar-refractivity contribution in [2.45, 2.75) is 13.8 Å². The van der Waals surface area contributed by atoms with E-state index in [4.69, 9.17) is 15.7 Å². The fourth-order valence-corrected chi connectivity index (χ4v) is 2.35. The van der Waals surface area contributed by atoms with Gasteiger partial charge < -0.3 is 21.0 Å². The largest absolute Gasteiger partial charge is 0.496 e. The predicted molar refractivity (Wildman–Crippen MR) is 81.1 cm³/mol. The number of methoxy groups -OCH3 is 1. The number of carbonyl (C=O) groups excluding carboxylic acids is 1. The molecule has 1 unspecified atom stereocenters. The third-order valence-corrected chi connectivity index (χ3v) is 3.42. The SMILES string of the molecule is COc1ccc(NC(=O)C(C(N)=NO)C(C)C)cc1Br. The standard InChI is InChI=1S/C13H18BrN3O3/c1-7(2)11(12(15)17-19)13(18)16-8-4-5-10(20-3)9(14)6-8/h4-7,11,19H,1-3H3,(H2,15,17)(H,16,18). The summed E-state index contributed by atoms with van der Waals surface area (Å²) in [6.45, 7) is 3.65. The Kier molecular flexibility index (Phi) is 5.82. The van der Waals surface area contributed by atoms with Crippen molar-refractivity contribution >= 4 is 33.4 Å². The zero-order chi connectivity index (χ0) is 15.3. The summed E-state index contributed by atoms with van der Waals surface area (Å²) in [7, 11) is 1.56. The highest BCUT2D eigenvalue weighted by Crippen LogP contribution is 2.28. The van der Waals surface area contributed by atoms with Crippen LogP contribution in [0.1, 0.15) is 13.8 Å². The van der Waals surface area contributed by atoms with E-state index in [2.05, 4.69) is 26.4 Å². The Balaban J connectivity index is 2.91. The average Bonchev–Trinajstić information content (AvgIpc) is 2.38. The van der Waals surface area contributed by atoms with E-state index in [0.717, 1.165) is 4.47 Å². The fourth-order valence-electron chi connectivity index (χ4n) is 1.80. The zero-order valence-electron chi connectivity index (χ0n) is 11.6. The number of amides is 1. The summed E-state index contributed by atoms with van der Waals surface area (Å²) in [4.78, 5) is 12.2. The second kappa shape index (κ2) is 7.14. The lowest BCUT2D eigenvalue weighted by Crippen LogP contribution is -2.38. The number of anilines is 1. The Bertz CT molecular complexity index is 518. The monoisotopic (exact) mass is 343 g/mol. The molecule has 1 rings (SSSR count). The molecule has 0 radical (unpaired) electrons. The van der Waals surface area contributed by atoms with Crippen molar-refractivity contribution < 1.29 is 14.7 Å². The van der Waals surface area contributed by atoms with E-state index >= 15 is 0 Å². The highest BCUT2D eigenvalue weighted by molar-refractivity contribution is 9.10. The van der Waals surface area contributed by atoms with E-state index in [1.165, 1.54) is 0 Å². The van der Waals surface area contributed by atoms with Crippen LogP contribution in [0.2, 0.25) is 0 Å². The van der Waals surface area contributed by atoms with Gasteiger partial charge in [-0.05, 0) is 40.0 Å². The van der Waals surface area contributed by atoms with E-state index in [1.807, 2.05) is 13.8 Å². The van der Waals surface area contributed by atoms with Gasteiger partial charge in [0.1, 0.15) is 11.7 Å². The van der Waals surface area contributed by atoms with Crippen molar-refractivity contribution in [3.8, 4) is 5.75 Å². The molecule has 1 amide bonds. The van der Waals surface area contributed by atoms with E-state index in [1.54, 1.807) is 25.3 Å². The van der Waals surface area contributed by atoms with E-state index in [9.17, 15) is 4.79 Å². The van der Waals surface area contributed by atoms with Crippen LogP contribution in [0.25, 0.3) is 0 Å². The lowest BCUT2D eigenvalue weighted by Gasteiger charge is -2.19. The van der Waals surface area contributed by atoms with Crippen molar-refractivity contribution in [2.24, 2.45) is 22.7 Å². The molecule has 7 heteroatoms. The first-order valence-corrected chi connectivity index (χ1v) is 6.81. The highest BCUT2D eigenvalue weighted by atomic mass is 79.9. The summed E-state index contributed by atoms with van der Waals surface area (Å²) in [6, 6.07) is 5.17. The minimum atomic E-state index is -0.694. The van der Waals surface area contributed by atoms with Gasteiger partial charge in [0.15, 0.2) is 5.84 Å². The van der Waals surface area contributed by atoms with Crippen LogP contribution in [0.3, 0.4) is 0 Å². The van der Waals surface area contributed by atoms with Gasteiger partial charge in [0.25, 0.3) is 0 Å². The summed E-state index contributed by atoms with van der Waals surface area (Å²) in [5.41, 5.74) is 6.15. The molecular weight excluding hydrogens is 326 g/mol. The Labute approximate surface area is 126 Å². The normalized spacial score (nSPS) is 13.2. The number of rotatable bonds is 5. The van der Waals surface area contributed by atoms with E-state index in [0.29, 0.717) is 11.4 Å². The molecule has 1 atom stereocenters. The highest BCUT2D eigenvalue weighted by Gasteiger charge is 2.26. The molecular formula is C13H18BrN3O3. The van der Waals surface area contributed by atoms with Crippen molar-refractivity contribution in [3.05, 3.63) is 22.7 Å². The number of hydrogen-bond acceptors (Lipinski definition) is 4. The second-order valence-corrected chi connectivity index (χ2v) is 5.44. The molecule has 110 valence electrons. The molecule has 20 heavy (non-hydrogen) atoms. The summed E-state index contributed by atoms with van der Waals surface area (Å²) >= 11 is 3.34. The van der Waals surface area contributed by atoms with Crippen LogP contribution in [0, 0.1) is 11.8 Å². The first kappa shape index (κ1) is 16.3. The first-order chi connectivity index (χ1) is 9.40. The van der Waals surface area contributed by atoms with Crippen LogP contribution >= 0.6 is 15.9 Å². The zero-order valence-corrected chi connectivity index (χ0v) is 13.1. The molecule has 4 N–H and O–H groups in total. The minimum absolute atomic E-state index is 0.0902. The third kappa shape index (κ3) is 3.86. The van der Waals surface area contributed by atoms with Crippen LogP contribution in [0.4, 0.5) is 5.69 Å². The van der Waals surface area contributed by atoms with Gasteiger partial charge in [-0.25, -0.2) is 0 Å². The number of ether oxygens (including phenoxy) is 1. The quantitative estimate of drug-likeness (QED) is 0.331. The van der Waals surface area contributed by atoms with Crippen LogP contribution in [0.5, 0.6) is 5.75 Å². The minimum Gasteiger partial charge on any atom is -0.496 e. The predicted octanol–water partition coefficient (Wildman–Crippen LogP) is 2.41. The number of hydrogen-bond donors (Lipinski definition) is 3. The molecule has 0 aliphatic carbocycles. The van der Waals surface area contributed by atoms with Gasteiger partial charge in [-0.15, -0.1) is 0 Å². The van der Waals surface area contributed by atoms with Crippen LogP contribution in [-0.4, -0.2) is 24.1 Å². The number of oxime groups is 1. The molecule has 0 aliphatic heterocycles. The number of halogens is 1. The number of carbonyl (C=O) groups is 1. The van der Waals surface area contributed by atoms with Gasteiger partial charge in [0.2, 0.25) is 5.91 Å². The maximum Gasteiger partial charge on any atom is 0.235 e. The van der Waals surface area contributed by atoms with E-state index in [-0.39, 0.29) is 17.7 Å². The number of nitrogens with zero attached hydrogens (tertiary/aromatic N) is 1. The Hall–Kier alpha value is -1.76. The molecule has 0 aromatic heterocycles. The number of benzene rings is 1. The molecule has 1 aromatic rings. The van der Waals surface area contributed by atoms with Crippen LogP contribution in [-0.2, 0) is 4.79 Å². The van der Waals surface area contributed by atoms with Crippen molar-refractivity contribution in [1.82, 2.24) is 0 Å². The van der Waals surface area contributed by atoms with Crippen LogP contribution < -0.4 is 15.8 Å². The first-order valence-electron chi connectivity index (χ1n) is 6.02. The summed E-state index contributed by atoms with van der Waals surface area (Å²) in [5.74, 6) is -0.550. The lowest BCUT2D eigenvalue weighted by atomic mass is 9.94. The van der Waals surface area contributed by atoms with Gasteiger partial charge in [0.05, 0.1) is 11.6 Å². The van der Waals surface area contributed by atoms with Crippen LogP contribution in [0.15, 0.2) is 27.8 Å². The molecule has 0 aliphatic rings. The van der Waals surface area contributed by atoms with Crippen molar-refractivity contribution in [3.63, 3.8) is 0 Å². The second-order valence-electron chi connectivity index (χ2n) is 4.59. The molecule has 6 nitrogen and oxygen atoms in total. The van der Waals surface area contributed by atoms with Gasteiger partial charge in [0, 0.05) is 5.69 Å². The molecule has 0 saturated heterocycles. The number of amidine groups is 1. The molecule has 0 bridgehead atoms. The van der Waals surface area contributed by atoms with Gasteiger partial charge in [-0.2, -0.15) is 0 Å². The number of nitrogens with two attached hydrogens (primary N) is 1. The summed E-state index contributed by atoms with van der Waals surface area (Å²) in [6.07, 6.45) is 0. The lowest BCUT2D eigenvalue weighted by molar-refractivity contribution is -0.119. The maximum atomic E-state index is 12.2. The summed E-state index contributed by atoms with van der Waals surface area (Å²) in [5, 5.41) is 14.4. The molecule has 0 fully saturated rings. The van der Waals surface area contributed by atoms with Crippen molar-refractivity contribution in [1.29, 1.82) is 0 Å². The molecule has 0 heterocycles. The van der Waals surface area contributed by atoms with Crippen molar-refractivity contribution in [2.75, 3.05) is 12.4 Å². The Morgan fingerprint density at radius 3 is 2.60 bits per heavy atom. The van der Waals surface area contributed by atoms with Gasteiger partial charge >= 0.3 is 0 Å². The average molecular weight is 344 g/mol.